The van der Waals surface area contributed by atoms with Crippen LogP contribution in [0.15, 0.2) is 63.8 Å². The Kier molecular flexibility index (Phi) is 4.56. The van der Waals surface area contributed by atoms with Crippen LogP contribution in [0.3, 0.4) is 0 Å². The molecule has 7 heteroatoms. The van der Waals surface area contributed by atoms with Crippen molar-refractivity contribution in [2.24, 2.45) is 0 Å². The van der Waals surface area contributed by atoms with E-state index in [2.05, 4.69) is 4.72 Å². The number of furan rings is 2. The van der Waals surface area contributed by atoms with Crippen molar-refractivity contribution in [2.75, 3.05) is 0 Å². The minimum Gasteiger partial charge on any atom is -0.472 e. The van der Waals surface area contributed by atoms with E-state index >= 15 is 0 Å². The zero-order valence-corrected chi connectivity index (χ0v) is 13.6. The van der Waals surface area contributed by atoms with Crippen LogP contribution in [0, 0.1) is 0 Å². The van der Waals surface area contributed by atoms with Crippen LogP contribution in [-0.2, 0) is 22.3 Å². The van der Waals surface area contributed by atoms with Crippen molar-refractivity contribution in [3.8, 4) is 11.3 Å². The Morgan fingerprint density at radius 1 is 1.09 bits per heavy atom. The molecule has 3 aromatic rings. The number of rotatable bonds is 6. The molecular weight excluding hydrogens is 338 g/mol. The molecule has 2 heterocycles. The van der Waals surface area contributed by atoms with Crippen molar-refractivity contribution in [3.05, 3.63) is 71.3 Å². The van der Waals surface area contributed by atoms with Gasteiger partial charge >= 0.3 is 0 Å². The predicted octanol–water partition coefficient (Wildman–Crippen LogP) is 3.81. The Bertz CT molecular complexity index is 884. The molecule has 0 atom stereocenters. The molecule has 0 aliphatic rings. The SMILES string of the molecule is O=S(=O)(Cc1ccccc1Cl)NCc1ccc(-c2ccoc2)o1. The van der Waals surface area contributed by atoms with E-state index in [1.807, 2.05) is 0 Å². The summed E-state index contributed by atoms with van der Waals surface area (Å²) in [5.41, 5.74) is 1.36. The summed E-state index contributed by atoms with van der Waals surface area (Å²) in [6, 6.07) is 12.1. The molecule has 120 valence electrons. The molecule has 2 aromatic heterocycles. The van der Waals surface area contributed by atoms with E-state index in [-0.39, 0.29) is 12.3 Å². The lowest BCUT2D eigenvalue weighted by Gasteiger charge is -2.07. The van der Waals surface area contributed by atoms with Crippen LogP contribution in [0.2, 0.25) is 5.02 Å². The van der Waals surface area contributed by atoms with Gasteiger partial charge in [-0.05, 0) is 29.8 Å². The molecule has 0 amide bonds. The molecule has 1 aromatic carbocycles. The van der Waals surface area contributed by atoms with Gasteiger partial charge in [0, 0.05) is 5.02 Å². The number of halogens is 1. The molecule has 0 aliphatic carbocycles. The number of nitrogens with one attached hydrogen (secondary N) is 1. The van der Waals surface area contributed by atoms with E-state index in [0.29, 0.717) is 22.1 Å². The van der Waals surface area contributed by atoms with Crippen LogP contribution < -0.4 is 4.72 Å². The molecule has 0 saturated carbocycles. The van der Waals surface area contributed by atoms with E-state index in [1.165, 1.54) is 0 Å². The summed E-state index contributed by atoms with van der Waals surface area (Å²) in [5.74, 6) is 0.963. The Hall–Kier alpha value is -2.02. The molecule has 0 aliphatic heterocycles. The summed E-state index contributed by atoms with van der Waals surface area (Å²) >= 11 is 5.99. The highest BCUT2D eigenvalue weighted by Gasteiger charge is 2.15. The maximum Gasteiger partial charge on any atom is 0.216 e. The van der Waals surface area contributed by atoms with Crippen LogP contribution in [0.4, 0.5) is 0 Å². The maximum atomic E-state index is 12.1. The topological polar surface area (TPSA) is 72.5 Å². The molecule has 5 nitrogen and oxygen atoms in total. The highest BCUT2D eigenvalue weighted by Crippen LogP contribution is 2.22. The van der Waals surface area contributed by atoms with Crippen LogP contribution in [-0.4, -0.2) is 8.42 Å². The standard InChI is InChI=1S/C16H14ClNO4S/c17-15-4-2-1-3-13(15)11-23(19,20)18-9-14-5-6-16(22-14)12-7-8-21-10-12/h1-8,10,18H,9,11H2. The van der Waals surface area contributed by atoms with E-state index in [9.17, 15) is 8.42 Å². The third-order valence-corrected chi connectivity index (χ3v) is 4.88. The second-order valence-electron chi connectivity index (χ2n) is 4.95. The molecule has 1 N–H and O–H groups in total. The summed E-state index contributed by atoms with van der Waals surface area (Å²) in [6.07, 6.45) is 3.11. The van der Waals surface area contributed by atoms with Crippen LogP contribution in [0.1, 0.15) is 11.3 Å². The molecule has 0 unspecified atom stereocenters. The summed E-state index contributed by atoms with van der Waals surface area (Å²) in [7, 11) is -3.51. The minimum atomic E-state index is -3.51. The normalized spacial score (nSPS) is 11.7. The van der Waals surface area contributed by atoms with Gasteiger partial charge in [0.15, 0.2) is 0 Å². The fourth-order valence-corrected chi connectivity index (χ4v) is 3.49. The third kappa shape index (κ3) is 4.04. The van der Waals surface area contributed by atoms with Crippen molar-refractivity contribution >= 4 is 21.6 Å². The summed E-state index contributed by atoms with van der Waals surface area (Å²) in [5, 5.41) is 0.429. The minimum absolute atomic E-state index is 0.0740. The monoisotopic (exact) mass is 351 g/mol. The summed E-state index contributed by atoms with van der Waals surface area (Å²) < 4.78 is 37.3. The lowest BCUT2D eigenvalue weighted by molar-refractivity contribution is 0.507. The van der Waals surface area contributed by atoms with Gasteiger partial charge in [0.2, 0.25) is 10.0 Å². The van der Waals surface area contributed by atoms with E-state index in [4.69, 9.17) is 20.4 Å². The molecule has 3 rings (SSSR count). The molecule has 23 heavy (non-hydrogen) atoms. The van der Waals surface area contributed by atoms with Gasteiger partial charge in [-0.15, -0.1) is 0 Å². The van der Waals surface area contributed by atoms with Crippen molar-refractivity contribution < 1.29 is 17.3 Å². The van der Waals surface area contributed by atoms with Crippen LogP contribution in [0.5, 0.6) is 0 Å². The van der Waals surface area contributed by atoms with Crippen molar-refractivity contribution in [2.45, 2.75) is 12.3 Å². The molecule has 0 radical (unpaired) electrons. The van der Waals surface area contributed by atoms with E-state index < -0.39 is 10.0 Å². The first-order chi connectivity index (χ1) is 11.0. The van der Waals surface area contributed by atoms with Gasteiger partial charge in [-0.1, -0.05) is 29.8 Å². The van der Waals surface area contributed by atoms with Gasteiger partial charge in [0.25, 0.3) is 0 Å². The zero-order valence-electron chi connectivity index (χ0n) is 12.0. The highest BCUT2D eigenvalue weighted by atomic mass is 35.5. The third-order valence-electron chi connectivity index (χ3n) is 3.24. The smallest absolute Gasteiger partial charge is 0.216 e. The van der Waals surface area contributed by atoms with E-state index in [0.717, 1.165) is 5.56 Å². The molecule has 0 saturated heterocycles. The zero-order chi connectivity index (χ0) is 16.3. The van der Waals surface area contributed by atoms with Gasteiger partial charge in [0.05, 0.1) is 24.1 Å². The van der Waals surface area contributed by atoms with Crippen molar-refractivity contribution in [1.29, 1.82) is 0 Å². The molecular formula is C16H14ClNO4S. The molecule has 0 spiro atoms. The first-order valence-electron chi connectivity index (χ1n) is 6.85. The fourth-order valence-electron chi connectivity index (χ4n) is 2.09. The number of benzene rings is 1. The lowest BCUT2D eigenvalue weighted by Crippen LogP contribution is -2.24. The summed E-state index contributed by atoms with van der Waals surface area (Å²) in [6.45, 7) is 0.0740. The Morgan fingerprint density at radius 3 is 2.65 bits per heavy atom. The largest absolute Gasteiger partial charge is 0.472 e. The van der Waals surface area contributed by atoms with Crippen LogP contribution in [0.25, 0.3) is 11.3 Å². The molecule has 0 bridgehead atoms. The van der Waals surface area contributed by atoms with Gasteiger partial charge in [-0.2, -0.15) is 0 Å². The van der Waals surface area contributed by atoms with Gasteiger partial charge < -0.3 is 8.83 Å². The number of hydrogen-bond acceptors (Lipinski definition) is 4. The molecule has 0 fully saturated rings. The second-order valence-corrected chi connectivity index (χ2v) is 7.16. The second kappa shape index (κ2) is 6.62. The Labute approximate surface area is 138 Å². The van der Waals surface area contributed by atoms with Gasteiger partial charge in [-0.25, -0.2) is 13.1 Å². The Morgan fingerprint density at radius 2 is 1.91 bits per heavy atom. The van der Waals surface area contributed by atoms with Crippen molar-refractivity contribution in [1.82, 2.24) is 4.72 Å². The van der Waals surface area contributed by atoms with Crippen molar-refractivity contribution in [3.63, 3.8) is 0 Å². The highest BCUT2D eigenvalue weighted by molar-refractivity contribution is 7.88. The average molecular weight is 352 g/mol. The quantitative estimate of drug-likeness (QED) is 0.732. The first kappa shape index (κ1) is 15.9. The summed E-state index contributed by atoms with van der Waals surface area (Å²) in [4.78, 5) is 0. The maximum absolute atomic E-state index is 12.1. The number of sulfonamides is 1. The first-order valence-corrected chi connectivity index (χ1v) is 8.88. The fraction of sp³-hybridized carbons (Fsp3) is 0.125. The van der Waals surface area contributed by atoms with Gasteiger partial charge in [-0.3, -0.25) is 0 Å². The number of hydrogen-bond donors (Lipinski definition) is 1. The van der Waals surface area contributed by atoms with E-state index in [1.54, 1.807) is 55.0 Å². The van der Waals surface area contributed by atoms with Crippen LogP contribution >= 0.6 is 11.6 Å². The lowest BCUT2D eigenvalue weighted by atomic mass is 10.2. The predicted molar refractivity (Wildman–Crippen MR) is 87.3 cm³/mol. The van der Waals surface area contributed by atoms with Gasteiger partial charge in [0.1, 0.15) is 17.8 Å². The Balaban J connectivity index is 1.64. The average Bonchev–Trinajstić information content (AvgIpc) is 3.18.